The highest BCUT2D eigenvalue weighted by Crippen LogP contribution is 2.19. The van der Waals surface area contributed by atoms with Crippen molar-refractivity contribution in [2.24, 2.45) is 0 Å². The van der Waals surface area contributed by atoms with Gasteiger partial charge in [-0.15, -0.1) is 0 Å². The first-order chi connectivity index (χ1) is 9.85. The van der Waals surface area contributed by atoms with Gasteiger partial charge in [0.1, 0.15) is 5.75 Å². The summed E-state index contributed by atoms with van der Waals surface area (Å²) >= 11 is 0. The van der Waals surface area contributed by atoms with Gasteiger partial charge < -0.3 is 15.0 Å². The van der Waals surface area contributed by atoms with Gasteiger partial charge in [0.15, 0.2) is 0 Å². The SMILES string of the molecule is CCOc1ccc(CNc2ccc3[nH]ccc3c2)cc1. The second kappa shape index (κ2) is 5.70. The Kier molecular flexibility index (Phi) is 3.59. The van der Waals surface area contributed by atoms with Crippen molar-refractivity contribution in [3.05, 3.63) is 60.3 Å². The van der Waals surface area contributed by atoms with Gasteiger partial charge in [0.2, 0.25) is 0 Å². The normalized spacial score (nSPS) is 10.7. The number of ether oxygens (including phenoxy) is 1. The maximum atomic E-state index is 5.44. The van der Waals surface area contributed by atoms with E-state index in [0.29, 0.717) is 6.61 Å². The lowest BCUT2D eigenvalue weighted by Crippen LogP contribution is -1.99. The molecule has 1 aromatic heterocycles. The number of aromatic amines is 1. The number of hydrogen-bond donors (Lipinski definition) is 2. The van der Waals surface area contributed by atoms with E-state index in [1.165, 1.54) is 10.9 Å². The fourth-order valence-electron chi connectivity index (χ4n) is 2.24. The van der Waals surface area contributed by atoms with Crippen LogP contribution >= 0.6 is 0 Å². The molecule has 3 heteroatoms. The van der Waals surface area contributed by atoms with Gasteiger partial charge in [0.05, 0.1) is 6.61 Å². The van der Waals surface area contributed by atoms with Crippen molar-refractivity contribution < 1.29 is 4.74 Å². The van der Waals surface area contributed by atoms with Crippen LogP contribution in [0.1, 0.15) is 12.5 Å². The van der Waals surface area contributed by atoms with Gasteiger partial charge in [0, 0.05) is 29.3 Å². The van der Waals surface area contributed by atoms with Crippen molar-refractivity contribution >= 4 is 16.6 Å². The summed E-state index contributed by atoms with van der Waals surface area (Å²) in [6.07, 6.45) is 1.96. The second-order valence-electron chi connectivity index (χ2n) is 4.71. The molecular weight excluding hydrogens is 248 g/mol. The van der Waals surface area contributed by atoms with Crippen LogP contribution in [-0.2, 0) is 6.54 Å². The van der Waals surface area contributed by atoms with Gasteiger partial charge in [-0.25, -0.2) is 0 Å². The van der Waals surface area contributed by atoms with Crippen LogP contribution in [0.5, 0.6) is 5.75 Å². The average molecular weight is 266 g/mol. The number of benzene rings is 2. The van der Waals surface area contributed by atoms with E-state index in [-0.39, 0.29) is 0 Å². The van der Waals surface area contributed by atoms with E-state index < -0.39 is 0 Å². The highest BCUT2D eigenvalue weighted by atomic mass is 16.5. The van der Waals surface area contributed by atoms with Gasteiger partial charge in [-0.3, -0.25) is 0 Å². The monoisotopic (exact) mass is 266 g/mol. The zero-order valence-corrected chi connectivity index (χ0v) is 11.5. The fourth-order valence-corrected chi connectivity index (χ4v) is 2.24. The summed E-state index contributed by atoms with van der Waals surface area (Å²) < 4.78 is 5.44. The van der Waals surface area contributed by atoms with Crippen molar-refractivity contribution in [2.45, 2.75) is 13.5 Å². The number of nitrogens with one attached hydrogen (secondary N) is 2. The highest BCUT2D eigenvalue weighted by Gasteiger charge is 1.98. The molecule has 0 unspecified atom stereocenters. The summed E-state index contributed by atoms with van der Waals surface area (Å²) in [5.74, 6) is 0.921. The number of aromatic nitrogens is 1. The summed E-state index contributed by atoms with van der Waals surface area (Å²) in [4.78, 5) is 3.20. The number of hydrogen-bond acceptors (Lipinski definition) is 2. The van der Waals surface area contributed by atoms with E-state index in [0.717, 1.165) is 23.5 Å². The molecule has 3 rings (SSSR count). The van der Waals surface area contributed by atoms with Crippen molar-refractivity contribution in [1.82, 2.24) is 4.98 Å². The van der Waals surface area contributed by atoms with Crippen LogP contribution in [-0.4, -0.2) is 11.6 Å². The Morgan fingerprint density at radius 2 is 1.90 bits per heavy atom. The predicted octanol–water partition coefficient (Wildman–Crippen LogP) is 4.18. The topological polar surface area (TPSA) is 37.0 Å². The fraction of sp³-hybridized carbons (Fsp3) is 0.176. The lowest BCUT2D eigenvalue weighted by atomic mass is 10.2. The van der Waals surface area contributed by atoms with Crippen molar-refractivity contribution in [2.75, 3.05) is 11.9 Å². The molecule has 0 fully saturated rings. The van der Waals surface area contributed by atoms with E-state index >= 15 is 0 Å². The molecule has 0 aliphatic carbocycles. The first-order valence-corrected chi connectivity index (χ1v) is 6.88. The van der Waals surface area contributed by atoms with Gasteiger partial charge in [-0.2, -0.15) is 0 Å². The standard InChI is InChI=1S/C17H18N2O/c1-2-20-16-6-3-13(4-7-16)12-19-15-5-8-17-14(11-15)9-10-18-17/h3-11,18-19H,2,12H2,1H3. The maximum Gasteiger partial charge on any atom is 0.119 e. The molecule has 1 heterocycles. The van der Waals surface area contributed by atoms with Crippen LogP contribution in [0.4, 0.5) is 5.69 Å². The van der Waals surface area contributed by atoms with Crippen LogP contribution < -0.4 is 10.1 Å². The number of H-pyrrole nitrogens is 1. The zero-order valence-electron chi connectivity index (χ0n) is 11.5. The van der Waals surface area contributed by atoms with Crippen molar-refractivity contribution in [3.8, 4) is 5.75 Å². The molecule has 3 nitrogen and oxygen atoms in total. The predicted molar refractivity (Wildman–Crippen MR) is 83.2 cm³/mol. The van der Waals surface area contributed by atoms with Crippen LogP contribution in [0.3, 0.4) is 0 Å². The Morgan fingerprint density at radius 3 is 2.70 bits per heavy atom. The van der Waals surface area contributed by atoms with Crippen LogP contribution in [0.25, 0.3) is 10.9 Å². The molecule has 0 aliphatic heterocycles. The lowest BCUT2D eigenvalue weighted by Gasteiger charge is -2.08. The Hall–Kier alpha value is -2.42. The summed E-state index contributed by atoms with van der Waals surface area (Å²) in [5, 5.41) is 4.66. The number of anilines is 1. The molecule has 3 aromatic rings. The van der Waals surface area contributed by atoms with E-state index in [4.69, 9.17) is 4.74 Å². The zero-order chi connectivity index (χ0) is 13.8. The van der Waals surface area contributed by atoms with E-state index in [2.05, 4.69) is 46.7 Å². The number of rotatable bonds is 5. The third-order valence-electron chi connectivity index (χ3n) is 3.28. The van der Waals surface area contributed by atoms with E-state index in [1.807, 2.05) is 25.3 Å². The maximum absolute atomic E-state index is 5.44. The first-order valence-electron chi connectivity index (χ1n) is 6.88. The molecule has 0 bridgehead atoms. The van der Waals surface area contributed by atoms with Crippen LogP contribution in [0, 0.1) is 0 Å². The minimum absolute atomic E-state index is 0.703. The summed E-state index contributed by atoms with van der Waals surface area (Å²) in [5.41, 5.74) is 3.53. The average Bonchev–Trinajstić information content (AvgIpc) is 2.94. The van der Waals surface area contributed by atoms with E-state index in [1.54, 1.807) is 0 Å². The molecule has 0 saturated carbocycles. The van der Waals surface area contributed by atoms with Crippen LogP contribution in [0.2, 0.25) is 0 Å². The Balaban J connectivity index is 1.66. The Bertz CT molecular complexity index is 686. The smallest absolute Gasteiger partial charge is 0.119 e. The highest BCUT2D eigenvalue weighted by molar-refractivity contribution is 5.82. The molecule has 2 N–H and O–H groups in total. The molecule has 0 saturated heterocycles. The quantitative estimate of drug-likeness (QED) is 0.727. The third kappa shape index (κ3) is 2.77. The van der Waals surface area contributed by atoms with E-state index in [9.17, 15) is 0 Å². The molecular formula is C17H18N2O. The molecule has 0 spiro atoms. The van der Waals surface area contributed by atoms with Gasteiger partial charge in [-0.05, 0) is 48.9 Å². The van der Waals surface area contributed by atoms with Gasteiger partial charge in [0.25, 0.3) is 0 Å². The first kappa shape index (κ1) is 12.6. The van der Waals surface area contributed by atoms with Crippen LogP contribution in [0.15, 0.2) is 54.7 Å². The summed E-state index contributed by atoms with van der Waals surface area (Å²) in [7, 11) is 0. The summed E-state index contributed by atoms with van der Waals surface area (Å²) in [6, 6.07) is 16.6. The van der Waals surface area contributed by atoms with Crippen molar-refractivity contribution in [3.63, 3.8) is 0 Å². The molecule has 102 valence electrons. The summed E-state index contributed by atoms with van der Waals surface area (Å²) in [6.45, 7) is 3.50. The van der Waals surface area contributed by atoms with Gasteiger partial charge in [-0.1, -0.05) is 12.1 Å². The Morgan fingerprint density at radius 1 is 1.05 bits per heavy atom. The Labute approximate surface area is 118 Å². The minimum Gasteiger partial charge on any atom is -0.494 e. The molecule has 20 heavy (non-hydrogen) atoms. The van der Waals surface area contributed by atoms with Gasteiger partial charge >= 0.3 is 0 Å². The van der Waals surface area contributed by atoms with Crippen molar-refractivity contribution in [1.29, 1.82) is 0 Å². The largest absolute Gasteiger partial charge is 0.494 e. The minimum atomic E-state index is 0.703. The number of fused-ring (bicyclic) bond motifs is 1. The second-order valence-corrected chi connectivity index (χ2v) is 4.71. The molecule has 0 aliphatic rings. The molecule has 0 atom stereocenters. The third-order valence-corrected chi connectivity index (χ3v) is 3.28. The molecule has 2 aromatic carbocycles. The lowest BCUT2D eigenvalue weighted by molar-refractivity contribution is 0.340. The molecule has 0 amide bonds. The molecule has 0 radical (unpaired) electrons.